The van der Waals surface area contributed by atoms with Gasteiger partial charge in [0.15, 0.2) is 11.0 Å². The number of hydrogen-bond donors (Lipinski definition) is 2. The Morgan fingerprint density at radius 2 is 1.69 bits per heavy atom. The van der Waals surface area contributed by atoms with E-state index in [-0.39, 0.29) is 11.7 Å². The van der Waals surface area contributed by atoms with Crippen molar-refractivity contribution in [2.24, 2.45) is 0 Å². The van der Waals surface area contributed by atoms with Crippen molar-refractivity contribution in [2.75, 3.05) is 30.6 Å². The van der Waals surface area contributed by atoms with Crippen LogP contribution in [0.2, 0.25) is 0 Å². The summed E-state index contributed by atoms with van der Waals surface area (Å²) in [5.41, 5.74) is 3.53. The van der Waals surface area contributed by atoms with Crippen LogP contribution in [0.1, 0.15) is 11.4 Å². The van der Waals surface area contributed by atoms with E-state index in [4.69, 9.17) is 9.47 Å². The third-order valence-electron chi connectivity index (χ3n) is 5.32. The number of nitrogens with one attached hydrogen (secondary N) is 2. The predicted molar refractivity (Wildman–Crippen MR) is 139 cm³/mol. The molecule has 2 N–H and O–H groups in total. The fourth-order valence-corrected chi connectivity index (χ4v) is 4.25. The van der Waals surface area contributed by atoms with Gasteiger partial charge in [0, 0.05) is 11.4 Å². The number of aromatic nitrogens is 3. The third kappa shape index (κ3) is 5.93. The average Bonchev–Trinajstić information content (AvgIpc) is 3.30. The van der Waals surface area contributed by atoms with Crippen LogP contribution in [0.4, 0.5) is 11.4 Å². The van der Waals surface area contributed by atoms with Gasteiger partial charge in [0.05, 0.1) is 32.2 Å². The highest BCUT2D eigenvalue weighted by Crippen LogP contribution is 2.29. The number of anilines is 2. The zero-order chi connectivity index (χ0) is 24.6. The van der Waals surface area contributed by atoms with Crippen LogP contribution in [-0.4, -0.2) is 40.6 Å². The smallest absolute Gasteiger partial charge is 0.234 e. The molecule has 0 aliphatic rings. The Balaban J connectivity index is 1.55. The van der Waals surface area contributed by atoms with Crippen molar-refractivity contribution >= 4 is 29.0 Å². The maximum atomic E-state index is 12.6. The Hall–Kier alpha value is -3.98. The molecule has 0 radical (unpaired) electrons. The number of hydrogen-bond acceptors (Lipinski definition) is 7. The Kier molecular flexibility index (Phi) is 7.89. The highest BCUT2D eigenvalue weighted by atomic mass is 32.2. The second-order valence-electron chi connectivity index (χ2n) is 7.64. The maximum absolute atomic E-state index is 12.6. The minimum Gasteiger partial charge on any atom is -0.497 e. The topological polar surface area (TPSA) is 90.3 Å². The number of para-hydroxylation sites is 3. The van der Waals surface area contributed by atoms with Gasteiger partial charge in [-0.3, -0.25) is 9.36 Å². The fourth-order valence-electron chi connectivity index (χ4n) is 3.48. The monoisotopic (exact) mass is 489 g/mol. The van der Waals surface area contributed by atoms with Crippen molar-refractivity contribution < 1.29 is 14.3 Å². The predicted octanol–water partition coefficient (Wildman–Crippen LogP) is 4.94. The number of rotatable bonds is 10. The van der Waals surface area contributed by atoms with E-state index in [1.165, 1.54) is 11.8 Å². The number of amides is 1. The molecule has 0 spiro atoms. The summed E-state index contributed by atoms with van der Waals surface area (Å²) in [6.07, 6.45) is 0. The number of thioether (sulfide) groups is 1. The van der Waals surface area contributed by atoms with E-state index >= 15 is 0 Å². The van der Waals surface area contributed by atoms with Crippen molar-refractivity contribution in [3.05, 3.63) is 84.2 Å². The minimum absolute atomic E-state index is 0.114. The lowest BCUT2D eigenvalue weighted by Gasteiger charge is -2.14. The molecule has 180 valence electrons. The largest absolute Gasteiger partial charge is 0.497 e. The number of carbonyl (C=O) groups is 1. The van der Waals surface area contributed by atoms with E-state index in [1.807, 2.05) is 84.3 Å². The van der Waals surface area contributed by atoms with Gasteiger partial charge in [-0.25, -0.2) is 0 Å². The molecule has 0 aliphatic heterocycles. The van der Waals surface area contributed by atoms with Crippen LogP contribution in [0.5, 0.6) is 11.5 Å². The van der Waals surface area contributed by atoms with Crippen LogP contribution in [-0.2, 0) is 11.3 Å². The summed E-state index contributed by atoms with van der Waals surface area (Å²) < 4.78 is 12.7. The van der Waals surface area contributed by atoms with E-state index in [2.05, 4.69) is 20.8 Å². The van der Waals surface area contributed by atoms with Gasteiger partial charge in [0.25, 0.3) is 0 Å². The van der Waals surface area contributed by atoms with E-state index in [0.717, 1.165) is 28.4 Å². The minimum atomic E-state index is -0.114. The molecular weight excluding hydrogens is 462 g/mol. The number of aryl methyl sites for hydroxylation is 1. The van der Waals surface area contributed by atoms with Crippen molar-refractivity contribution in [1.29, 1.82) is 0 Å². The summed E-state index contributed by atoms with van der Waals surface area (Å²) in [4.78, 5) is 12.6. The first-order valence-corrected chi connectivity index (χ1v) is 12.0. The first kappa shape index (κ1) is 24.2. The van der Waals surface area contributed by atoms with Crippen LogP contribution < -0.4 is 20.1 Å². The molecular formula is C26H27N5O3S. The molecule has 8 nitrogen and oxygen atoms in total. The van der Waals surface area contributed by atoms with Crippen LogP contribution >= 0.6 is 11.8 Å². The molecule has 4 aromatic rings. The van der Waals surface area contributed by atoms with E-state index in [1.54, 1.807) is 14.2 Å². The highest BCUT2D eigenvalue weighted by molar-refractivity contribution is 7.99. The molecule has 0 bridgehead atoms. The zero-order valence-corrected chi connectivity index (χ0v) is 20.6. The Bertz CT molecular complexity index is 1290. The standard InChI is InChI=1S/C26H27N5O3S/c1-18-8-4-5-9-21(18)28-25(32)17-35-26-30-29-24(16-27-19-12-14-20(33-2)15-13-19)31(26)22-10-6-7-11-23(22)34-3/h4-15,27H,16-17H2,1-3H3,(H,28,32). The SMILES string of the molecule is COc1ccc(NCc2nnc(SCC(=O)Nc3ccccc3C)n2-c2ccccc2OC)cc1. The second-order valence-corrected chi connectivity index (χ2v) is 8.58. The van der Waals surface area contributed by atoms with Gasteiger partial charge < -0.3 is 20.1 Å². The summed E-state index contributed by atoms with van der Waals surface area (Å²) in [5, 5.41) is 15.7. The molecule has 0 aliphatic carbocycles. The molecule has 4 rings (SSSR count). The van der Waals surface area contributed by atoms with Gasteiger partial charge in [-0.1, -0.05) is 42.1 Å². The third-order valence-corrected chi connectivity index (χ3v) is 6.25. The van der Waals surface area contributed by atoms with Gasteiger partial charge in [0.2, 0.25) is 5.91 Å². The van der Waals surface area contributed by atoms with Crippen molar-refractivity contribution in [2.45, 2.75) is 18.6 Å². The van der Waals surface area contributed by atoms with Crippen LogP contribution in [0.15, 0.2) is 78.0 Å². The zero-order valence-electron chi connectivity index (χ0n) is 19.8. The number of nitrogens with zero attached hydrogens (tertiary/aromatic N) is 3. The molecule has 0 saturated heterocycles. The van der Waals surface area contributed by atoms with Gasteiger partial charge in [0.1, 0.15) is 11.5 Å². The fraction of sp³-hybridized carbons (Fsp3) is 0.192. The molecule has 35 heavy (non-hydrogen) atoms. The highest BCUT2D eigenvalue weighted by Gasteiger charge is 2.19. The average molecular weight is 490 g/mol. The van der Waals surface area contributed by atoms with Crippen molar-refractivity contribution in [3.63, 3.8) is 0 Å². The van der Waals surface area contributed by atoms with Gasteiger partial charge in [-0.05, 0) is 55.0 Å². The second kappa shape index (κ2) is 11.4. The molecule has 0 saturated carbocycles. The van der Waals surface area contributed by atoms with Gasteiger partial charge in [-0.15, -0.1) is 10.2 Å². The summed E-state index contributed by atoms with van der Waals surface area (Å²) in [5.74, 6) is 2.23. The quantitative estimate of drug-likeness (QED) is 0.305. The molecule has 1 heterocycles. The Morgan fingerprint density at radius 1 is 0.943 bits per heavy atom. The van der Waals surface area contributed by atoms with Crippen molar-refractivity contribution in [3.8, 4) is 17.2 Å². The first-order valence-electron chi connectivity index (χ1n) is 11.0. The van der Waals surface area contributed by atoms with Crippen LogP contribution in [0.3, 0.4) is 0 Å². The molecule has 0 atom stereocenters. The lowest BCUT2D eigenvalue weighted by atomic mass is 10.2. The Labute approximate surface area is 208 Å². The number of carbonyl (C=O) groups excluding carboxylic acids is 1. The van der Waals surface area contributed by atoms with Gasteiger partial charge in [-0.2, -0.15) is 0 Å². The molecule has 3 aromatic carbocycles. The van der Waals surface area contributed by atoms with E-state index < -0.39 is 0 Å². The van der Waals surface area contributed by atoms with Crippen molar-refractivity contribution in [1.82, 2.24) is 14.8 Å². The summed E-state index contributed by atoms with van der Waals surface area (Å²) in [6, 6.07) is 23.0. The lowest BCUT2D eigenvalue weighted by Crippen LogP contribution is -2.15. The van der Waals surface area contributed by atoms with E-state index in [0.29, 0.717) is 23.3 Å². The van der Waals surface area contributed by atoms with Gasteiger partial charge >= 0.3 is 0 Å². The number of benzene rings is 3. The first-order chi connectivity index (χ1) is 17.1. The molecule has 9 heteroatoms. The molecule has 0 unspecified atom stereocenters. The summed E-state index contributed by atoms with van der Waals surface area (Å²) in [7, 11) is 3.26. The van der Waals surface area contributed by atoms with Crippen LogP contribution in [0, 0.1) is 6.92 Å². The summed E-state index contributed by atoms with van der Waals surface area (Å²) >= 11 is 1.32. The normalized spacial score (nSPS) is 10.6. The Morgan fingerprint density at radius 3 is 2.43 bits per heavy atom. The lowest BCUT2D eigenvalue weighted by molar-refractivity contribution is -0.113. The molecule has 1 amide bonds. The number of ether oxygens (including phenoxy) is 2. The van der Waals surface area contributed by atoms with E-state index in [9.17, 15) is 4.79 Å². The maximum Gasteiger partial charge on any atom is 0.234 e. The van der Waals surface area contributed by atoms with Crippen LogP contribution in [0.25, 0.3) is 5.69 Å². The molecule has 1 aromatic heterocycles. The molecule has 0 fully saturated rings. The summed E-state index contributed by atoms with van der Waals surface area (Å²) in [6.45, 7) is 2.39. The number of methoxy groups -OCH3 is 2.